The first kappa shape index (κ1) is 19.9. The Hall–Kier alpha value is -2.44. The van der Waals surface area contributed by atoms with Gasteiger partial charge in [-0.15, -0.1) is 0 Å². The lowest BCUT2D eigenvalue weighted by atomic mass is 10.1. The second-order valence-electron chi connectivity index (χ2n) is 7.91. The largest absolute Gasteiger partial charge is 0.309 e. The molecule has 152 valence electrons. The molecule has 1 aliphatic heterocycles. The lowest BCUT2D eigenvalue weighted by Gasteiger charge is -2.16. The Morgan fingerprint density at radius 3 is 2.62 bits per heavy atom. The van der Waals surface area contributed by atoms with Crippen LogP contribution in [0.1, 0.15) is 23.1 Å². The van der Waals surface area contributed by atoms with Gasteiger partial charge in [0.1, 0.15) is 0 Å². The minimum Gasteiger partial charge on any atom is -0.309 e. The molecule has 1 saturated heterocycles. The first-order valence-corrected chi connectivity index (χ1v) is 11.8. The number of nitrogens with zero attached hydrogens (tertiary/aromatic N) is 1. The Morgan fingerprint density at radius 2 is 1.90 bits per heavy atom. The number of benzene rings is 2. The van der Waals surface area contributed by atoms with Crippen molar-refractivity contribution in [3.63, 3.8) is 0 Å². The van der Waals surface area contributed by atoms with E-state index in [0.29, 0.717) is 25.1 Å². The van der Waals surface area contributed by atoms with Gasteiger partial charge in [-0.1, -0.05) is 42.5 Å². The van der Waals surface area contributed by atoms with Crippen LogP contribution in [-0.2, 0) is 29.3 Å². The molecule has 1 atom stereocenters. The van der Waals surface area contributed by atoms with Gasteiger partial charge in [-0.2, -0.15) is 0 Å². The van der Waals surface area contributed by atoms with Gasteiger partial charge in [-0.25, -0.2) is 8.42 Å². The van der Waals surface area contributed by atoms with Crippen LogP contribution >= 0.6 is 0 Å². The van der Waals surface area contributed by atoms with Crippen LogP contribution in [0.15, 0.2) is 59.4 Å². The van der Waals surface area contributed by atoms with Crippen LogP contribution < -0.4 is 10.9 Å². The molecule has 0 saturated carbocycles. The van der Waals surface area contributed by atoms with Gasteiger partial charge in [0.15, 0.2) is 9.84 Å². The van der Waals surface area contributed by atoms with Crippen molar-refractivity contribution in [3.8, 4) is 0 Å². The topological polar surface area (TPSA) is 68.2 Å². The molecule has 1 aliphatic rings. The van der Waals surface area contributed by atoms with Crippen LogP contribution in [0.25, 0.3) is 10.9 Å². The van der Waals surface area contributed by atoms with E-state index in [0.717, 1.165) is 22.9 Å². The maximum atomic E-state index is 13.3. The van der Waals surface area contributed by atoms with E-state index in [1.54, 1.807) is 0 Å². The maximum Gasteiger partial charge on any atom is 0.255 e. The van der Waals surface area contributed by atoms with Crippen LogP contribution in [0.2, 0.25) is 0 Å². The summed E-state index contributed by atoms with van der Waals surface area (Å²) >= 11 is 0. The van der Waals surface area contributed by atoms with Gasteiger partial charge in [0.2, 0.25) is 0 Å². The summed E-state index contributed by atoms with van der Waals surface area (Å²) in [5, 5.41) is 4.31. The van der Waals surface area contributed by atoms with E-state index >= 15 is 0 Å². The van der Waals surface area contributed by atoms with E-state index in [-0.39, 0.29) is 23.1 Å². The van der Waals surface area contributed by atoms with Crippen molar-refractivity contribution in [2.24, 2.45) is 0 Å². The summed E-state index contributed by atoms with van der Waals surface area (Å²) in [5.41, 5.74) is 3.93. The van der Waals surface area contributed by atoms with Crippen molar-refractivity contribution >= 4 is 20.7 Å². The van der Waals surface area contributed by atoms with Gasteiger partial charge in [0.25, 0.3) is 5.56 Å². The third kappa shape index (κ3) is 4.60. The monoisotopic (exact) mass is 410 g/mol. The average molecular weight is 411 g/mol. The third-order valence-electron chi connectivity index (χ3n) is 5.61. The molecule has 0 radical (unpaired) electrons. The zero-order chi connectivity index (χ0) is 20.4. The van der Waals surface area contributed by atoms with Crippen LogP contribution in [-0.4, -0.2) is 30.5 Å². The maximum absolute atomic E-state index is 13.3. The molecule has 0 bridgehead atoms. The van der Waals surface area contributed by atoms with Crippen LogP contribution in [0.4, 0.5) is 0 Å². The molecule has 2 aromatic carbocycles. The van der Waals surface area contributed by atoms with Gasteiger partial charge in [0.05, 0.1) is 17.0 Å². The highest BCUT2D eigenvalue weighted by atomic mass is 32.2. The Bertz CT molecular complexity index is 1180. The Labute approximate surface area is 171 Å². The zero-order valence-corrected chi connectivity index (χ0v) is 17.4. The molecule has 1 aromatic heterocycles. The number of pyridine rings is 1. The first-order chi connectivity index (χ1) is 13.9. The summed E-state index contributed by atoms with van der Waals surface area (Å²) in [6, 6.07) is 18.2. The van der Waals surface area contributed by atoms with Crippen LogP contribution in [0.3, 0.4) is 0 Å². The fraction of sp³-hybridized carbons (Fsp3) is 0.348. The summed E-state index contributed by atoms with van der Waals surface area (Å²) in [6.45, 7) is 3.02. The summed E-state index contributed by atoms with van der Waals surface area (Å²) in [5.74, 6) is 0.380. The van der Waals surface area contributed by atoms with Gasteiger partial charge in [-0.05, 0) is 48.4 Å². The SMILES string of the molecule is Cc1ccc2cc(CN[C@H]3CCS(=O)(=O)C3)c(=O)n(CCc3ccccc3)c2c1. The van der Waals surface area contributed by atoms with E-state index in [9.17, 15) is 13.2 Å². The minimum atomic E-state index is -2.94. The molecule has 0 spiro atoms. The molecule has 0 amide bonds. The summed E-state index contributed by atoms with van der Waals surface area (Å²) in [6.07, 6.45) is 1.39. The molecule has 1 N–H and O–H groups in total. The number of aryl methyl sites for hydroxylation is 3. The Balaban J connectivity index is 1.63. The zero-order valence-electron chi connectivity index (χ0n) is 16.6. The smallest absolute Gasteiger partial charge is 0.255 e. The molecule has 3 aromatic rings. The highest BCUT2D eigenvalue weighted by molar-refractivity contribution is 7.91. The normalized spacial score (nSPS) is 18.3. The molecular formula is C23H26N2O3S. The molecule has 6 heteroatoms. The first-order valence-electron chi connectivity index (χ1n) is 10.0. The lowest BCUT2D eigenvalue weighted by molar-refractivity contribution is 0.549. The highest BCUT2D eigenvalue weighted by Crippen LogP contribution is 2.18. The molecule has 2 heterocycles. The van der Waals surface area contributed by atoms with Gasteiger partial charge < -0.3 is 9.88 Å². The molecule has 1 fully saturated rings. The van der Waals surface area contributed by atoms with Crippen LogP contribution in [0, 0.1) is 6.92 Å². The van der Waals surface area contributed by atoms with E-state index in [4.69, 9.17) is 0 Å². The molecule has 0 aliphatic carbocycles. The Morgan fingerprint density at radius 1 is 1.10 bits per heavy atom. The minimum absolute atomic E-state index is 0.00705. The fourth-order valence-corrected chi connectivity index (χ4v) is 5.69. The van der Waals surface area contributed by atoms with E-state index < -0.39 is 9.84 Å². The van der Waals surface area contributed by atoms with Crippen molar-refractivity contribution in [1.82, 2.24) is 9.88 Å². The summed E-state index contributed by atoms with van der Waals surface area (Å²) in [7, 11) is -2.94. The van der Waals surface area contributed by atoms with Crippen molar-refractivity contribution in [2.75, 3.05) is 11.5 Å². The second-order valence-corrected chi connectivity index (χ2v) is 10.1. The number of sulfone groups is 1. The quantitative estimate of drug-likeness (QED) is 0.679. The number of fused-ring (bicyclic) bond motifs is 1. The number of aromatic nitrogens is 1. The number of nitrogens with one attached hydrogen (secondary N) is 1. The second kappa shape index (κ2) is 8.13. The summed E-state index contributed by atoms with van der Waals surface area (Å²) < 4.78 is 25.2. The molecular weight excluding hydrogens is 384 g/mol. The Kier molecular flexibility index (Phi) is 5.56. The average Bonchev–Trinajstić information content (AvgIpc) is 3.05. The number of hydrogen-bond donors (Lipinski definition) is 1. The van der Waals surface area contributed by atoms with Gasteiger partial charge in [-0.3, -0.25) is 4.79 Å². The molecule has 0 unspecified atom stereocenters. The summed E-state index contributed by atoms with van der Waals surface area (Å²) in [4.78, 5) is 13.3. The van der Waals surface area contributed by atoms with Crippen LogP contribution in [0.5, 0.6) is 0 Å². The molecule has 29 heavy (non-hydrogen) atoms. The van der Waals surface area contributed by atoms with Crippen molar-refractivity contribution < 1.29 is 8.42 Å². The van der Waals surface area contributed by atoms with Crippen molar-refractivity contribution in [3.05, 3.63) is 81.6 Å². The lowest BCUT2D eigenvalue weighted by Crippen LogP contribution is -2.33. The van der Waals surface area contributed by atoms with Gasteiger partial charge in [0, 0.05) is 24.7 Å². The third-order valence-corrected chi connectivity index (χ3v) is 7.37. The van der Waals surface area contributed by atoms with Gasteiger partial charge >= 0.3 is 0 Å². The molecule has 4 rings (SSSR count). The number of hydrogen-bond acceptors (Lipinski definition) is 4. The van der Waals surface area contributed by atoms with Crippen molar-refractivity contribution in [1.29, 1.82) is 0 Å². The fourth-order valence-electron chi connectivity index (χ4n) is 3.99. The van der Waals surface area contributed by atoms with E-state index in [1.807, 2.05) is 41.8 Å². The standard InChI is InChI=1S/C23H26N2O3S/c1-17-7-8-19-14-20(15-24-21-10-12-29(27,28)16-21)23(26)25(22(19)13-17)11-9-18-5-3-2-4-6-18/h2-8,13-14,21,24H,9-12,15-16H2,1H3/t21-/m0/s1. The molecule has 5 nitrogen and oxygen atoms in total. The van der Waals surface area contributed by atoms with Crippen molar-refractivity contribution in [2.45, 2.75) is 38.9 Å². The van der Waals surface area contributed by atoms with E-state index in [2.05, 4.69) is 29.6 Å². The predicted molar refractivity (Wildman–Crippen MR) is 117 cm³/mol. The van der Waals surface area contributed by atoms with E-state index in [1.165, 1.54) is 5.56 Å². The highest BCUT2D eigenvalue weighted by Gasteiger charge is 2.27. The number of rotatable bonds is 6. The predicted octanol–water partition coefficient (Wildman–Crippen LogP) is 2.83.